The third-order valence-corrected chi connectivity index (χ3v) is 6.52. The third-order valence-electron chi connectivity index (χ3n) is 6.52. The average molecular weight is 401 g/mol. The second-order valence-corrected chi connectivity index (χ2v) is 8.45. The number of anilines is 1. The van der Waals surface area contributed by atoms with Gasteiger partial charge in [-0.3, -0.25) is 9.69 Å². The molecule has 0 radical (unpaired) electrons. The van der Waals surface area contributed by atoms with Crippen LogP contribution < -0.4 is 10.6 Å². The minimum atomic E-state index is -0.267. The fraction of sp³-hybridized carbons (Fsp3) is 0.320. The molecule has 0 saturated carbocycles. The SMILES string of the molecule is NC(=O)CN1CC(CCN2CC=C(c3ccc4[nH]ccc4c3)CC2)c2ccccc21. The van der Waals surface area contributed by atoms with Gasteiger partial charge in [0.1, 0.15) is 0 Å². The summed E-state index contributed by atoms with van der Waals surface area (Å²) in [5, 5.41) is 1.27. The number of hydrogen-bond donors (Lipinski definition) is 2. The number of nitrogens with one attached hydrogen (secondary N) is 1. The maximum atomic E-state index is 11.4. The van der Waals surface area contributed by atoms with Crippen LogP contribution in [0.1, 0.15) is 29.9 Å². The van der Waals surface area contributed by atoms with Gasteiger partial charge >= 0.3 is 0 Å². The normalized spacial score (nSPS) is 19.1. The second-order valence-electron chi connectivity index (χ2n) is 8.45. The number of aromatic amines is 1. The van der Waals surface area contributed by atoms with Crippen LogP contribution in [-0.2, 0) is 4.79 Å². The molecular formula is C25H28N4O. The average Bonchev–Trinajstić information content (AvgIpc) is 3.37. The Morgan fingerprint density at radius 3 is 2.90 bits per heavy atom. The highest BCUT2D eigenvalue weighted by molar-refractivity contribution is 5.84. The molecule has 5 rings (SSSR count). The number of rotatable bonds is 6. The van der Waals surface area contributed by atoms with E-state index in [1.165, 1.54) is 33.3 Å². The van der Waals surface area contributed by atoms with Gasteiger partial charge in [0.25, 0.3) is 0 Å². The number of benzene rings is 2. The van der Waals surface area contributed by atoms with Crippen molar-refractivity contribution in [2.24, 2.45) is 5.73 Å². The molecule has 0 fully saturated rings. The van der Waals surface area contributed by atoms with E-state index in [0.717, 1.165) is 39.0 Å². The van der Waals surface area contributed by atoms with Gasteiger partial charge in [-0.15, -0.1) is 0 Å². The third kappa shape index (κ3) is 3.73. The summed E-state index contributed by atoms with van der Waals surface area (Å²) in [6, 6.07) is 17.3. The van der Waals surface area contributed by atoms with E-state index in [-0.39, 0.29) is 5.91 Å². The van der Waals surface area contributed by atoms with Crippen molar-refractivity contribution < 1.29 is 4.79 Å². The van der Waals surface area contributed by atoms with E-state index in [0.29, 0.717) is 12.5 Å². The summed E-state index contributed by atoms with van der Waals surface area (Å²) in [5.41, 5.74) is 12.0. The molecule has 0 spiro atoms. The standard InChI is InChI=1S/C25H28N4O/c26-25(30)17-29-16-21(22-3-1-2-4-24(22)29)10-14-28-12-8-18(9-13-28)19-5-6-23-20(15-19)7-11-27-23/h1-8,11,15,21,27H,9-10,12-14,16-17H2,(H2,26,30). The van der Waals surface area contributed by atoms with E-state index < -0.39 is 0 Å². The number of amides is 1. The van der Waals surface area contributed by atoms with Crippen molar-refractivity contribution in [1.82, 2.24) is 9.88 Å². The number of aromatic nitrogens is 1. The Labute approximate surface area is 177 Å². The topological polar surface area (TPSA) is 65.4 Å². The zero-order valence-electron chi connectivity index (χ0n) is 17.2. The smallest absolute Gasteiger partial charge is 0.236 e. The quantitative estimate of drug-likeness (QED) is 0.663. The molecule has 0 aliphatic carbocycles. The molecule has 2 aromatic carbocycles. The largest absolute Gasteiger partial charge is 0.368 e. The maximum absolute atomic E-state index is 11.4. The zero-order chi connectivity index (χ0) is 20.5. The molecule has 5 heteroatoms. The van der Waals surface area contributed by atoms with Gasteiger partial charge in [0.15, 0.2) is 0 Å². The van der Waals surface area contributed by atoms with Crippen LogP contribution >= 0.6 is 0 Å². The van der Waals surface area contributed by atoms with Crippen molar-refractivity contribution >= 4 is 28.1 Å². The number of para-hydroxylation sites is 1. The highest BCUT2D eigenvalue weighted by atomic mass is 16.1. The molecule has 1 amide bonds. The summed E-state index contributed by atoms with van der Waals surface area (Å²) < 4.78 is 0. The summed E-state index contributed by atoms with van der Waals surface area (Å²) in [5.74, 6) is 0.193. The number of carbonyl (C=O) groups is 1. The van der Waals surface area contributed by atoms with Gasteiger partial charge in [-0.1, -0.05) is 30.3 Å². The summed E-state index contributed by atoms with van der Waals surface area (Å²) in [6.45, 7) is 4.35. The lowest BCUT2D eigenvalue weighted by Crippen LogP contribution is -2.34. The minimum Gasteiger partial charge on any atom is -0.368 e. The van der Waals surface area contributed by atoms with E-state index in [2.05, 4.69) is 63.3 Å². The molecule has 3 aromatic rings. The predicted molar refractivity (Wildman–Crippen MR) is 123 cm³/mol. The molecule has 1 aromatic heterocycles. The van der Waals surface area contributed by atoms with Crippen molar-refractivity contribution in [1.29, 1.82) is 0 Å². The first kappa shape index (κ1) is 18.9. The fourth-order valence-corrected chi connectivity index (χ4v) is 4.94. The van der Waals surface area contributed by atoms with Gasteiger partial charge in [0, 0.05) is 43.0 Å². The van der Waals surface area contributed by atoms with Crippen LogP contribution in [0.5, 0.6) is 0 Å². The molecule has 3 N–H and O–H groups in total. The van der Waals surface area contributed by atoms with E-state index in [1.54, 1.807) is 0 Å². The summed E-state index contributed by atoms with van der Waals surface area (Å²) in [4.78, 5) is 19.4. The van der Waals surface area contributed by atoms with Crippen LogP contribution in [0.25, 0.3) is 16.5 Å². The first-order valence-corrected chi connectivity index (χ1v) is 10.8. The number of primary amides is 1. The lowest BCUT2D eigenvalue weighted by Gasteiger charge is -2.27. The molecule has 1 unspecified atom stereocenters. The fourth-order valence-electron chi connectivity index (χ4n) is 4.94. The summed E-state index contributed by atoms with van der Waals surface area (Å²) >= 11 is 0. The van der Waals surface area contributed by atoms with Crippen LogP contribution in [0.3, 0.4) is 0 Å². The number of nitrogens with two attached hydrogens (primary N) is 1. The van der Waals surface area contributed by atoms with Crippen LogP contribution in [0.2, 0.25) is 0 Å². The minimum absolute atomic E-state index is 0.267. The molecule has 2 aliphatic rings. The lowest BCUT2D eigenvalue weighted by atomic mass is 9.96. The Morgan fingerprint density at radius 1 is 1.17 bits per heavy atom. The molecule has 5 nitrogen and oxygen atoms in total. The predicted octanol–water partition coefficient (Wildman–Crippen LogP) is 3.74. The Hall–Kier alpha value is -3.05. The van der Waals surface area contributed by atoms with Crippen LogP contribution in [0.15, 0.2) is 60.8 Å². The number of H-pyrrole nitrogens is 1. The van der Waals surface area contributed by atoms with E-state index >= 15 is 0 Å². The highest BCUT2D eigenvalue weighted by Crippen LogP contribution is 2.38. The Balaban J connectivity index is 1.21. The summed E-state index contributed by atoms with van der Waals surface area (Å²) in [7, 11) is 0. The van der Waals surface area contributed by atoms with Gasteiger partial charge in [0.05, 0.1) is 6.54 Å². The van der Waals surface area contributed by atoms with Gasteiger partial charge in [-0.25, -0.2) is 0 Å². The molecule has 0 saturated heterocycles. The van der Waals surface area contributed by atoms with Gasteiger partial charge in [0.2, 0.25) is 5.91 Å². The van der Waals surface area contributed by atoms with Crippen molar-refractivity contribution in [3.05, 3.63) is 71.9 Å². The van der Waals surface area contributed by atoms with Crippen molar-refractivity contribution in [2.45, 2.75) is 18.8 Å². The van der Waals surface area contributed by atoms with E-state index in [9.17, 15) is 4.79 Å². The lowest BCUT2D eigenvalue weighted by molar-refractivity contribution is -0.116. The van der Waals surface area contributed by atoms with E-state index in [4.69, 9.17) is 5.73 Å². The zero-order valence-corrected chi connectivity index (χ0v) is 17.2. The maximum Gasteiger partial charge on any atom is 0.236 e. The monoisotopic (exact) mass is 400 g/mol. The van der Waals surface area contributed by atoms with Crippen molar-refractivity contribution in [3.8, 4) is 0 Å². The Morgan fingerprint density at radius 2 is 2.07 bits per heavy atom. The molecule has 30 heavy (non-hydrogen) atoms. The first-order chi connectivity index (χ1) is 14.7. The van der Waals surface area contributed by atoms with Crippen molar-refractivity contribution in [2.75, 3.05) is 37.6 Å². The number of carbonyl (C=O) groups excluding carboxylic acids is 1. The number of hydrogen-bond acceptors (Lipinski definition) is 3. The molecule has 2 aliphatic heterocycles. The molecule has 0 bridgehead atoms. The Bertz CT molecular complexity index is 1100. The van der Waals surface area contributed by atoms with Crippen LogP contribution in [-0.4, -0.2) is 48.5 Å². The molecular weight excluding hydrogens is 372 g/mol. The highest BCUT2D eigenvalue weighted by Gasteiger charge is 2.29. The van der Waals surface area contributed by atoms with Crippen LogP contribution in [0.4, 0.5) is 5.69 Å². The van der Waals surface area contributed by atoms with Gasteiger partial charge in [-0.05, 0) is 65.7 Å². The number of fused-ring (bicyclic) bond motifs is 2. The summed E-state index contributed by atoms with van der Waals surface area (Å²) in [6.07, 6.45) is 6.58. The molecule has 1 atom stereocenters. The molecule has 3 heterocycles. The van der Waals surface area contributed by atoms with Crippen LogP contribution in [0, 0.1) is 0 Å². The second kappa shape index (κ2) is 8.00. The first-order valence-electron chi connectivity index (χ1n) is 10.8. The van der Waals surface area contributed by atoms with Gasteiger partial charge < -0.3 is 15.6 Å². The van der Waals surface area contributed by atoms with E-state index in [1.807, 2.05) is 12.3 Å². The van der Waals surface area contributed by atoms with Crippen molar-refractivity contribution in [3.63, 3.8) is 0 Å². The molecule has 154 valence electrons. The number of nitrogens with zero attached hydrogens (tertiary/aromatic N) is 2. The Kier molecular flexibility index (Phi) is 5.05. The van der Waals surface area contributed by atoms with Gasteiger partial charge in [-0.2, -0.15) is 0 Å².